The van der Waals surface area contributed by atoms with Crippen molar-refractivity contribution in [2.75, 3.05) is 76.0 Å². The van der Waals surface area contributed by atoms with E-state index >= 15 is 0 Å². The molecule has 0 unspecified atom stereocenters. The first kappa shape index (κ1) is 29.5. The highest BCUT2D eigenvalue weighted by atomic mass is 79.9. The first-order valence-electron chi connectivity index (χ1n) is 13.7. The van der Waals surface area contributed by atoms with Gasteiger partial charge in [-0.05, 0) is 73.2 Å². The highest BCUT2D eigenvalue weighted by Crippen LogP contribution is 2.34. The smallest absolute Gasteiger partial charge is 0.242 e. The molecule has 2 fully saturated rings. The van der Waals surface area contributed by atoms with E-state index in [4.69, 9.17) is 4.74 Å². The maximum atomic E-state index is 12.5. The van der Waals surface area contributed by atoms with Gasteiger partial charge in [-0.25, -0.2) is 18.1 Å². The fraction of sp³-hybridized carbons (Fsp3) is 0.429. The zero-order valence-electron chi connectivity index (χ0n) is 23.6. The molecule has 3 N–H and O–H groups in total. The van der Waals surface area contributed by atoms with Crippen LogP contribution in [0.15, 0.2) is 58.0 Å². The number of aromatic nitrogens is 2. The summed E-state index contributed by atoms with van der Waals surface area (Å²) in [5.74, 6) is 1.43. The Morgan fingerprint density at radius 3 is 2.41 bits per heavy atom. The summed E-state index contributed by atoms with van der Waals surface area (Å²) in [6, 6.07) is 13.4. The fourth-order valence-electron chi connectivity index (χ4n) is 5.34. The second kappa shape index (κ2) is 12.9. The van der Waals surface area contributed by atoms with Gasteiger partial charge in [0.2, 0.25) is 16.0 Å². The highest BCUT2D eigenvalue weighted by molar-refractivity contribution is 9.10. The molecule has 0 radical (unpaired) electrons. The Labute approximate surface area is 250 Å². The first-order valence-corrected chi connectivity index (χ1v) is 16.0. The molecule has 2 saturated heterocycles. The summed E-state index contributed by atoms with van der Waals surface area (Å²) in [5.41, 5.74) is 2.26. The summed E-state index contributed by atoms with van der Waals surface area (Å²) in [5, 5.41) is 6.43. The van der Waals surface area contributed by atoms with E-state index in [0.717, 1.165) is 63.5 Å². The van der Waals surface area contributed by atoms with Crippen molar-refractivity contribution in [3.05, 3.63) is 53.1 Å². The number of anilines is 5. The SMILES string of the molecule is CNS(=O)(=O)c1ccccc1Nc1nc(Nc2cc(N3CCC(N4CCN(C)CC4)CC3)ccc2OC)ncc1Br. The molecule has 2 aliphatic rings. The minimum absolute atomic E-state index is 0.119. The number of nitrogens with one attached hydrogen (secondary N) is 3. The molecule has 0 bridgehead atoms. The molecule has 0 amide bonds. The first-order chi connectivity index (χ1) is 19.8. The lowest BCUT2D eigenvalue weighted by atomic mass is 10.0. The lowest BCUT2D eigenvalue weighted by molar-refractivity contribution is 0.0982. The van der Waals surface area contributed by atoms with E-state index in [0.29, 0.717) is 33.7 Å². The van der Waals surface area contributed by atoms with Gasteiger partial charge in [-0.3, -0.25) is 4.90 Å². The van der Waals surface area contributed by atoms with E-state index in [2.05, 4.69) is 75.1 Å². The van der Waals surface area contributed by atoms with Crippen LogP contribution in [-0.2, 0) is 10.0 Å². The van der Waals surface area contributed by atoms with Gasteiger partial charge in [0.25, 0.3) is 0 Å². The predicted molar refractivity (Wildman–Crippen MR) is 166 cm³/mol. The molecule has 0 spiro atoms. The van der Waals surface area contributed by atoms with Crippen molar-refractivity contribution >= 4 is 54.8 Å². The average Bonchev–Trinajstić information content (AvgIpc) is 2.99. The van der Waals surface area contributed by atoms with Crippen molar-refractivity contribution in [2.24, 2.45) is 0 Å². The standard InChI is InChI=1S/C28H37BrN8O3S/c1-30-41(38,39)26-7-5-4-6-23(26)32-27-22(29)19-31-28(34-27)33-24-18-21(8-9-25(24)40-3)36-12-10-20(11-13-36)37-16-14-35(2)15-17-37/h4-9,18-20,30H,10-17H2,1-3H3,(H2,31,32,33,34). The summed E-state index contributed by atoms with van der Waals surface area (Å²) in [6.45, 7) is 6.59. The van der Waals surface area contributed by atoms with Crippen molar-refractivity contribution in [1.82, 2.24) is 24.5 Å². The summed E-state index contributed by atoms with van der Waals surface area (Å²) >= 11 is 3.48. The largest absolute Gasteiger partial charge is 0.495 e. The van der Waals surface area contributed by atoms with E-state index in [1.807, 2.05) is 6.07 Å². The van der Waals surface area contributed by atoms with Crippen molar-refractivity contribution in [1.29, 1.82) is 0 Å². The number of methoxy groups -OCH3 is 1. The molecule has 11 nitrogen and oxygen atoms in total. The molecule has 41 heavy (non-hydrogen) atoms. The Balaban J connectivity index is 1.31. The maximum Gasteiger partial charge on any atom is 0.242 e. The molecule has 0 saturated carbocycles. The van der Waals surface area contributed by atoms with Gasteiger partial charge in [-0.2, -0.15) is 4.98 Å². The number of para-hydroxylation sites is 1. The molecule has 3 aromatic rings. The lowest BCUT2D eigenvalue weighted by Gasteiger charge is -2.42. The lowest BCUT2D eigenvalue weighted by Crippen LogP contribution is -2.52. The van der Waals surface area contributed by atoms with E-state index in [-0.39, 0.29) is 4.90 Å². The van der Waals surface area contributed by atoms with Gasteiger partial charge in [0.15, 0.2) is 0 Å². The van der Waals surface area contributed by atoms with Crippen LogP contribution in [0.4, 0.5) is 28.8 Å². The van der Waals surface area contributed by atoms with Crippen LogP contribution in [0.5, 0.6) is 5.75 Å². The maximum absolute atomic E-state index is 12.5. The fourth-order valence-corrected chi connectivity index (χ4v) is 6.52. The highest BCUT2D eigenvalue weighted by Gasteiger charge is 2.27. The van der Waals surface area contributed by atoms with Crippen molar-refractivity contribution in [3.63, 3.8) is 0 Å². The third kappa shape index (κ3) is 6.92. The number of hydrogen-bond donors (Lipinski definition) is 3. The van der Waals surface area contributed by atoms with Gasteiger partial charge in [-0.1, -0.05) is 12.1 Å². The number of piperidine rings is 1. The zero-order chi connectivity index (χ0) is 29.0. The molecule has 1 aromatic heterocycles. The molecule has 3 heterocycles. The molecular weight excluding hydrogens is 608 g/mol. The number of hydrogen-bond acceptors (Lipinski definition) is 10. The zero-order valence-corrected chi connectivity index (χ0v) is 26.0. The minimum Gasteiger partial charge on any atom is -0.495 e. The van der Waals surface area contributed by atoms with Crippen LogP contribution in [0.25, 0.3) is 0 Å². The van der Waals surface area contributed by atoms with Gasteiger partial charge in [0.05, 0.1) is 23.0 Å². The molecule has 0 aliphatic carbocycles. The third-order valence-electron chi connectivity index (χ3n) is 7.76. The normalized spacial score (nSPS) is 17.4. The second-order valence-electron chi connectivity index (χ2n) is 10.3. The average molecular weight is 646 g/mol. The van der Waals surface area contributed by atoms with Crippen LogP contribution in [0.1, 0.15) is 12.8 Å². The van der Waals surface area contributed by atoms with E-state index in [9.17, 15) is 8.42 Å². The molecule has 2 aliphatic heterocycles. The van der Waals surface area contributed by atoms with Crippen molar-refractivity contribution in [3.8, 4) is 5.75 Å². The van der Waals surface area contributed by atoms with Crippen LogP contribution in [0.2, 0.25) is 0 Å². The number of piperazine rings is 1. The molecule has 5 rings (SSSR count). The Bertz CT molecular complexity index is 1460. The van der Waals surface area contributed by atoms with Crippen LogP contribution < -0.4 is 25.0 Å². The Morgan fingerprint density at radius 2 is 1.71 bits per heavy atom. The quantitative estimate of drug-likeness (QED) is 0.317. The van der Waals surface area contributed by atoms with Crippen LogP contribution in [0.3, 0.4) is 0 Å². The topological polar surface area (TPSA) is 115 Å². The molecule has 2 aromatic carbocycles. The van der Waals surface area contributed by atoms with E-state index < -0.39 is 10.0 Å². The third-order valence-corrected chi connectivity index (χ3v) is 9.81. The summed E-state index contributed by atoms with van der Waals surface area (Å²) in [7, 11) is 1.54. The summed E-state index contributed by atoms with van der Waals surface area (Å²) < 4.78 is 33.6. The number of halogens is 1. The van der Waals surface area contributed by atoms with E-state index in [1.54, 1.807) is 31.5 Å². The number of rotatable bonds is 9. The van der Waals surface area contributed by atoms with Gasteiger partial charge in [0.1, 0.15) is 16.5 Å². The van der Waals surface area contributed by atoms with Gasteiger partial charge < -0.3 is 25.2 Å². The molecule has 220 valence electrons. The van der Waals surface area contributed by atoms with Gasteiger partial charge in [0, 0.05) is 57.2 Å². The monoisotopic (exact) mass is 644 g/mol. The molecule has 0 atom stereocenters. The van der Waals surface area contributed by atoms with Gasteiger partial charge in [-0.15, -0.1) is 0 Å². The van der Waals surface area contributed by atoms with Crippen molar-refractivity contribution < 1.29 is 13.2 Å². The number of nitrogens with zero attached hydrogens (tertiary/aromatic N) is 5. The van der Waals surface area contributed by atoms with Gasteiger partial charge >= 0.3 is 0 Å². The molecular formula is C28H37BrN8O3S. The molecule has 13 heteroatoms. The Morgan fingerprint density at radius 1 is 0.976 bits per heavy atom. The summed E-state index contributed by atoms with van der Waals surface area (Å²) in [4.78, 5) is 16.6. The Hall–Kier alpha value is -2.97. The number of sulfonamides is 1. The van der Waals surface area contributed by atoms with Crippen LogP contribution in [0, 0.1) is 0 Å². The predicted octanol–water partition coefficient (Wildman–Crippen LogP) is 3.86. The number of benzene rings is 2. The Kier molecular flexibility index (Phi) is 9.29. The second-order valence-corrected chi connectivity index (χ2v) is 13.0. The van der Waals surface area contributed by atoms with Crippen LogP contribution >= 0.6 is 15.9 Å². The van der Waals surface area contributed by atoms with Crippen LogP contribution in [-0.4, -0.2) is 94.7 Å². The van der Waals surface area contributed by atoms with E-state index in [1.165, 1.54) is 13.1 Å². The van der Waals surface area contributed by atoms with Crippen molar-refractivity contribution in [2.45, 2.75) is 23.8 Å². The number of likely N-dealkylation sites (N-methyl/N-ethyl adjacent to an activating group) is 1. The number of ether oxygens (including phenoxy) is 1. The minimum atomic E-state index is -3.67. The summed E-state index contributed by atoms with van der Waals surface area (Å²) in [6.07, 6.45) is 3.91.